The second-order valence-corrected chi connectivity index (χ2v) is 8.55. The molecule has 11 heteroatoms. The van der Waals surface area contributed by atoms with Crippen molar-refractivity contribution in [3.63, 3.8) is 0 Å². The van der Waals surface area contributed by atoms with Crippen LogP contribution in [0.3, 0.4) is 0 Å². The highest BCUT2D eigenvalue weighted by Gasteiger charge is 2.20. The molecule has 1 aromatic heterocycles. The molecule has 2 saturated heterocycles. The van der Waals surface area contributed by atoms with E-state index in [-0.39, 0.29) is 0 Å². The highest BCUT2D eigenvalue weighted by molar-refractivity contribution is 5.81. The van der Waals surface area contributed by atoms with Crippen LogP contribution in [0.25, 0.3) is 0 Å². The van der Waals surface area contributed by atoms with Gasteiger partial charge in [-0.1, -0.05) is 0 Å². The molecular formula is C24H33N7O4. The van der Waals surface area contributed by atoms with E-state index in [0.717, 1.165) is 57.4 Å². The molecule has 11 nitrogen and oxygen atoms in total. The predicted molar refractivity (Wildman–Crippen MR) is 134 cm³/mol. The Bertz CT molecular complexity index is 985. The number of hydrogen-bond acceptors (Lipinski definition) is 10. The van der Waals surface area contributed by atoms with E-state index in [4.69, 9.17) is 19.6 Å². The van der Waals surface area contributed by atoms with Crippen molar-refractivity contribution in [1.29, 1.82) is 0 Å². The molecule has 1 aromatic carbocycles. The van der Waals surface area contributed by atoms with Crippen LogP contribution in [0.15, 0.2) is 23.3 Å². The van der Waals surface area contributed by atoms with E-state index in [1.54, 1.807) is 24.4 Å². The quantitative estimate of drug-likeness (QED) is 0.384. The molecule has 2 aromatic rings. The van der Waals surface area contributed by atoms with Crippen molar-refractivity contribution in [2.45, 2.75) is 45.4 Å². The number of hydrazone groups is 1. The Morgan fingerprint density at radius 1 is 0.971 bits per heavy atom. The highest BCUT2D eigenvalue weighted by Crippen LogP contribution is 2.28. The van der Waals surface area contributed by atoms with Gasteiger partial charge in [-0.3, -0.25) is 0 Å². The van der Waals surface area contributed by atoms with E-state index in [1.807, 2.05) is 6.92 Å². The summed E-state index contributed by atoms with van der Waals surface area (Å²) in [6, 6.07) is 5.19. The molecule has 0 bridgehead atoms. The SMILES string of the molecule is CCOc1cc(C=NNc2nc(N3CCCCC3)nc(N3CCCCC3)n2)ccc1OCC(=O)O. The van der Waals surface area contributed by atoms with E-state index >= 15 is 0 Å². The minimum atomic E-state index is -1.05. The first-order valence-corrected chi connectivity index (χ1v) is 12.3. The number of piperidine rings is 2. The Hall–Kier alpha value is -3.63. The fraction of sp³-hybridized carbons (Fsp3) is 0.542. The molecule has 2 fully saturated rings. The summed E-state index contributed by atoms with van der Waals surface area (Å²) in [5.74, 6) is 1.57. The molecule has 2 N–H and O–H groups in total. The minimum absolute atomic E-state index is 0.370. The van der Waals surface area contributed by atoms with Crippen molar-refractivity contribution in [1.82, 2.24) is 15.0 Å². The van der Waals surface area contributed by atoms with Gasteiger partial charge in [-0.05, 0) is 69.2 Å². The number of nitrogens with zero attached hydrogens (tertiary/aromatic N) is 6. The van der Waals surface area contributed by atoms with E-state index in [0.29, 0.717) is 36.0 Å². The average Bonchev–Trinajstić information content (AvgIpc) is 2.89. The van der Waals surface area contributed by atoms with Gasteiger partial charge in [0.1, 0.15) is 0 Å². The van der Waals surface area contributed by atoms with Gasteiger partial charge in [0, 0.05) is 26.2 Å². The zero-order valence-corrected chi connectivity index (χ0v) is 20.1. The third-order valence-electron chi connectivity index (χ3n) is 5.89. The van der Waals surface area contributed by atoms with Crippen molar-refractivity contribution in [2.75, 3.05) is 54.6 Å². The largest absolute Gasteiger partial charge is 0.490 e. The number of aromatic nitrogens is 3. The van der Waals surface area contributed by atoms with Gasteiger partial charge in [-0.2, -0.15) is 20.1 Å². The van der Waals surface area contributed by atoms with Crippen LogP contribution in [-0.4, -0.2) is 71.6 Å². The third-order valence-corrected chi connectivity index (χ3v) is 5.89. The van der Waals surface area contributed by atoms with Crippen LogP contribution in [0, 0.1) is 0 Å². The van der Waals surface area contributed by atoms with Crippen molar-refractivity contribution in [3.05, 3.63) is 23.8 Å². The second-order valence-electron chi connectivity index (χ2n) is 8.55. The molecule has 0 radical (unpaired) electrons. The fourth-order valence-corrected chi connectivity index (χ4v) is 4.17. The lowest BCUT2D eigenvalue weighted by Gasteiger charge is -2.30. The first kappa shape index (κ1) is 24.5. The van der Waals surface area contributed by atoms with Crippen LogP contribution >= 0.6 is 0 Å². The number of carboxylic acid groups (broad SMARTS) is 1. The smallest absolute Gasteiger partial charge is 0.341 e. The van der Waals surface area contributed by atoms with Crippen molar-refractivity contribution < 1.29 is 19.4 Å². The zero-order chi connectivity index (χ0) is 24.5. The molecule has 35 heavy (non-hydrogen) atoms. The Balaban J connectivity index is 1.51. The molecule has 188 valence electrons. The summed E-state index contributed by atoms with van der Waals surface area (Å²) >= 11 is 0. The van der Waals surface area contributed by atoms with Crippen molar-refractivity contribution in [3.8, 4) is 11.5 Å². The van der Waals surface area contributed by atoms with Gasteiger partial charge in [-0.15, -0.1) is 0 Å². The molecule has 0 saturated carbocycles. The maximum absolute atomic E-state index is 10.8. The van der Waals surface area contributed by atoms with Gasteiger partial charge in [0.05, 0.1) is 12.8 Å². The van der Waals surface area contributed by atoms with E-state index in [9.17, 15) is 4.79 Å². The van der Waals surface area contributed by atoms with Gasteiger partial charge < -0.3 is 24.4 Å². The lowest BCUT2D eigenvalue weighted by atomic mass is 10.1. The summed E-state index contributed by atoms with van der Waals surface area (Å²) in [6.07, 6.45) is 8.66. The number of nitrogens with one attached hydrogen (secondary N) is 1. The Labute approximate surface area is 205 Å². The number of ether oxygens (including phenoxy) is 2. The molecule has 2 aliphatic rings. The first-order valence-electron chi connectivity index (χ1n) is 12.3. The summed E-state index contributed by atoms with van der Waals surface area (Å²) in [5, 5.41) is 13.2. The number of rotatable bonds is 10. The summed E-state index contributed by atoms with van der Waals surface area (Å²) in [5.41, 5.74) is 3.72. The monoisotopic (exact) mass is 483 g/mol. The molecule has 0 unspecified atom stereocenters. The van der Waals surface area contributed by atoms with Crippen LogP contribution in [0.1, 0.15) is 51.0 Å². The topological polar surface area (TPSA) is 125 Å². The summed E-state index contributed by atoms with van der Waals surface area (Å²) in [4.78, 5) is 29.3. The van der Waals surface area contributed by atoms with E-state index in [1.165, 1.54) is 12.8 Å². The second kappa shape index (κ2) is 12.2. The maximum Gasteiger partial charge on any atom is 0.341 e. The summed E-state index contributed by atoms with van der Waals surface area (Å²) < 4.78 is 10.9. The Morgan fingerprint density at radius 3 is 2.17 bits per heavy atom. The van der Waals surface area contributed by atoms with Crippen LogP contribution in [-0.2, 0) is 4.79 Å². The predicted octanol–water partition coefficient (Wildman–Crippen LogP) is 3.16. The summed E-state index contributed by atoms with van der Waals surface area (Å²) in [7, 11) is 0. The number of anilines is 3. The zero-order valence-electron chi connectivity index (χ0n) is 20.1. The lowest BCUT2D eigenvalue weighted by Crippen LogP contribution is -2.34. The summed E-state index contributed by atoms with van der Waals surface area (Å²) in [6.45, 7) is 5.62. The van der Waals surface area contributed by atoms with Crippen LogP contribution in [0.4, 0.5) is 17.8 Å². The fourth-order valence-electron chi connectivity index (χ4n) is 4.17. The normalized spacial score (nSPS) is 16.4. The molecular weight excluding hydrogens is 450 g/mol. The van der Waals surface area contributed by atoms with Crippen LogP contribution in [0.5, 0.6) is 11.5 Å². The van der Waals surface area contributed by atoms with Gasteiger partial charge in [0.15, 0.2) is 18.1 Å². The minimum Gasteiger partial charge on any atom is -0.490 e. The highest BCUT2D eigenvalue weighted by atomic mass is 16.5. The van der Waals surface area contributed by atoms with Gasteiger partial charge in [-0.25, -0.2) is 10.2 Å². The van der Waals surface area contributed by atoms with Gasteiger partial charge in [0.2, 0.25) is 17.8 Å². The third kappa shape index (κ3) is 6.93. The Morgan fingerprint density at radius 2 is 1.60 bits per heavy atom. The number of carbonyl (C=O) groups is 1. The van der Waals surface area contributed by atoms with Gasteiger partial charge in [0.25, 0.3) is 0 Å². The van der Waals surface area contributed by atoms with E-state index in [2.05, 4.69) is 30.3 Å². The average molecular weight is 484 g/mol. The number of carboxylic acids is 1. The van der Waals surface area contributed by atoms with E-state index < -0.39 is 12.6 Å². The number of benzene rings is 1. The molecule has 0 spiro atoms. The molecule has 4 rings (SSSR count). The molecule has 2 aliphatic heterocycles. The van der Waals surface area contributed by atoms with Crippen LogP contribution in [0.2, 0.25) is 0 Å². The van der Waals surface area contributed by atoms with Crippen molar-refractivity contribution >= 4 is 30.0 Å². The molecule has 0 atom stereocenters. The van der Waals surface area contributed by atoms with Crippen molar-refractivity contribution in [2.24, 2.45) is 5.10 Å². The Kier molecular flexibility index (Phi) is 8.53. The van der Waals surface area contributed by atoms with Gasteiger partial charge >= 0.3 is 5.97 Å². The molecule has 0 amide bonds. The van der Waals surface area contributed by atoms with Crippen LogP contribution < -0.4 is 24.7 Å². The number of hydrogen-bond donors (Lipinski definition) is 2. The standard InChI is InChI=1S/C24H33N7O4/c1-2-34-20-15-18(9-10-19(20)35-17-21(32)33)16-25-29-22-26-23(30-11-5-3-6-12-30)28-24(27-22)31-13-7-4-8-14-31/h9-10,15-16H,2-8,11-14,17H2,1H3,(H,32,33)(H,26,27,28,29). The first-order chi connectivity index (χ1) is 17.1. The molecule has 3 heterocycles. The maximum atomic E-state index is 10.8. The lowest BCUT2D eigenvalue weighted by molar-refractivity contribution is -0.139. The molecule has 0 aliphatic carbocycles. The number of aliphatic carboxylic acids is 1.